The summed E-state index contributed by atoms with van der Waals surface area (Å²) < 4.78 is 27.4. The summed E-state index contributed by atoms with van der Waals surface area (Å²) in [5.41, 5.74) is 0. The van der Waals surface area contributed by atoms with Crippen LogP contribution in [0.15, 0.2) is 6.33 Å². The highest BCUT2D eigenvalue weighted by Crippen LogP contribution is 2.00. The maximum Gasteiger partial charge on any atom is 0.376 e. The maximum absolute atomic E-state index is 11.0. The van der Waals surface area contributed by atoms with Gasteiger partial charge in [-0.3, -0.25) is 4.57 Å². The Labute approximate surface area is 80.6 Å². The van der Waals surface area contributed by atoms with Gasteiger partial charge in [0, 0.05) is 6.26 Å². The predicted octanol–water partition coefficient (Wildman–Crippen LogP) is -0.933. The zero-order chi connectivity index (χ0) is 10.8. The molecule has 0 bridgehead atoms. The zero-order valence-corrected chi connectivity index (χ0v) is 8.48. The second-order valence-electron chi connectivity index (χ2n) is 2.67. The summed E-state index contributed by atoms with van der Waals surface area (Å²) in [7, 11) is -2.05. The number of aromatic nitrogens is 3. The standard InChI is InChI=1S/C6H9N3O4S/c1-13-6(10)5-8-7-3-9(5)4-14(2,11)12/h3H,4H2,1-2H3. The minimum atomic E-state index is -3.24. The van der Waals surface area contributed by atoms with Crippen LogP contribution in [0.5, 0.6) is 0 Å². The summed E-state index contributed by atoms with van der Waals surface area (Å²) in [5, 5.41) is 6.87. The van der Waals surface area contributed by atoms with Crippen molar-refractivity contribution in [2.75, 3.05) is 13.4 Å². The summed E-state index contributed by atoms with van der Waals surface area (Å²) in [4.78, 5) is 11.0. The normalized spacial score (nSPS) is 11.3. The number of methoxy groups -OCH3 is 1. The Bertz CT molecular complexity index is 436. The SMILES string of the molecule is COC(=O)c1nncn1CS(C)(=O)=O. The van der Waals surface area contributed by atoms with E-state index in [1.54, 1.807) is 0 Å². The molecule has 1 heterocycles. The second kappa shape index (κ2) is 3.74. The van der Waals surface area contributed by atoms with Gasteiger partial charge in [-0.2, -0.15) is 0 Å². The van der Waals surface area contributed by atoms with Crippen LogP contribution in [-0.4, -0.2) is 42.5 Å². The van der Waals surface area contributed by atoms with Gasteiger partial charge in [0.2, 0.25) is 5.82 Å². The van der Waals surface area contributed by atoms with Crippen molar-refractivity contribution >= 4 is 15.8 Å². The zero-order valence-electron chi connectivity index (χ0n) is 7.67. The van der Waals surface area contributed by atoms with Gasteiger partial charge in [-0.05, 0) is 0 Å². The van der Waals surface area contributed by atoms with Crippen molar-refractivity contribution in [1.29, 1.82) is 0 Å². The van der Waals surface area contributed by atoms with Crippen LogP contribution in [0.4, 0.5) is 0 Å². The Morgan fingerprint density at radius 3 is 2.79 bits per heavy atom. The minimum absolute atomic E-state index is 0.127. The minimum Gasteiger partial charge on any atom is -0.463 e. The molecule has 0 aromatic carbocycles. The average molecular weight is 219 g/mol. The van der Waals surface area contributed by atoms with Crippen LogP contribution in [0.1, 0.15) is 10.6 Å². The van der Waals surface area contributed by atoms with Crippen molar-refractivity contribution in [2.24, 2.45) is 0 Å². The molecule has 1 aromatic rings. The van der Waals surface area contributed by atoms with Gasteiger partial charge in [-0.25, -0.2) is 13.2 Å². The van der Waals surface area contributed by atoms with E-state index < -0.39 is 15.8 Å². The van der Waals surface area contributed by atoms with E-state index in [4.69, 9.17) is 0 Å². The Hall–Kier alpha value is -1.44. The summed E-state index contributed by atoms with van der Waals surface area (Å²) >= 11 is 0. The van der Waals surface area contributed by atoms with Gasteiger partial charge in [0.1, 0.15) is 12.2 Å². The lowest BCUT2D eigenvalue weighted by atomic mass is 10.6. The van der Waals surface area contributed by atoms with Gasteiger partial charge < -0.3 is 4.74 Å². The van der Waals surface area contributed by atoms with Gasteiger partial charge in [-0.1, -0.05) is 0 Å². The molecule has 0 saturated carbocycles. The van der Waals surface area contributed by atoms with Crippen LogP contribution >= 0.6 is 0 Å². The maximum atomic E-state index is 11.0. The van der Waals surface area contributed by atoms with Crippen LogP contribution in [0, 0.1) is 0 Å². The van der Waals surface area contributed by atoms with Gasteiger partial charge >= 0.3 is 5.97 Å². The molecular weight excluding hydrogens is 210 g/mol. The third kappa shape index (κ3) is 2.52. The molecule has 1 rings (SSSR count). The smallest absolute Gasteiger partial charge is 0.376 e. The summed E-state index contributed by atoms with van der Waals surface area (Å²) in [6, 6.07) is 0. The van der Waals surface area contributed by atoms with E-state index >= 15 is 0 Å². The number of sulfone groups is 1. The topological polar surface area (TPSA) is 91.2 Å². The Morgan fingerprint density at radius 2 is 2.29 bits per heavy atom. The molecule has 0 saturated heterocycles. The molecule has 7 nitrogen and oxygen atoms in total. The third-order valence-electron chi connectivity index (χ3n) is 1.36. The van der Waals surface area contributed by atoms with E-state index in [-0.39, 0.29) is 11.7 Å². The van der Waals surface area contributed by atoms with Gasteiger partial charge in [-0.15, -0.1) is 10.2 Å². The van der Waals surface area contributed by atoms with E-state index in [0.29, 0.717) is 0 Å². The average Bonchev–Trinajstić information content (AvgIpc) is 2.48. The number of hydrogen-bond acceptors (Lipinski definition) is 6. The molecule has 0 N–H and O–H groups in total. The van der Waals surface area contributed by atoms with Crippen LogP contribution in [0.3, 0.4) is 0 Å². The largest absolute Gasteiger partial charge is 0.463 e. The molecule has 0 radical (unpaired) electrons. The second-order valence-corrected chi connectivity index (χ2v) is 4.78. The van der Waals surface area contributed by atoms with Gasteiger partial charge in [0.15, 0.2) is 9.84 Å². The fraction of sp³-hybridized carbons (Fsp3) is 0.500. The van der Waals surface area contributed by atoms with Crippen molar-refractivity contribution in [2.45, 2.75) is 5.88 Å². The van der Waals surface area contributed by atoms with E-state index in [1.165, 1.54) is 7.11 Å². The number of hydrogen-bond donors (Lipinski definition) is 0. The van der Waals surface area contributed by atoms with E-state index in [9.17, 15) is 13.2 Å². The van der Waals surface area contributed by atoms with Crippen LogP contribution in [-0.2, 0) is 20.5 Å². The first-order valence-corrected chi connectivity index (χ1v) is 5.64. The van der Waals surface area contributed by atoms with Crippen molar-refractivity contribution in [1.82, 2.24) is 14.8 Å². The lowest BCUT2D eigenvalue weighted by molar-refractivity contribution is 0.0582. The van der Waals surface area contributed by atoms with E-state index in [2.05, 4.69) is 14.9 Å². The first-order chi connectivity index (χ1) is 6.44. The third-order valence-corrected chi connectivity index (χ3v) is 2.10. The molecule has 0 unspecified atom stereocenters. The monoisotopic (exact) mass is 219 g/mol. The molecule has 0 aliphatic heterocycles. The Kier molecular flexibility index (Phi) is 2.84. The van der Waals surface area contributed by atoms with E-state index in [0.717, 1.165) is 17.2 Å². The van der Waals surface area contributed by atoms with Gasteiger partial charge in [0.25, 0.3) is 0 Å². The molecule has 14 heavy (non-hydrogen) atoms. The lowest BCUT2D eigenvalue weighted by Gasteiger charge is -2.02. The highest BCUT2D eigenvalue weighted by molar-refractivity contribution is 7.89. The lowest BCUT2D eigenvalue weighted by Crippen LogP contribution is -2.15. The molecule has 0 fully saturated rings. The van der Waals surface area contributed by atoms with Crippen LogP contribution in [0.2, 0.25) is 0 Å². The number of rotatable bonds is 3. The Morgan fingerprint density at radius 1 is 1.64 bits per heavy atom. The number of nitrogens with zero attached hydrogens (tertiary/aromatic N) is 3. The fourth-order valence-electron chi connectivity index (χ4n) is 0.851. The molecule has 1 aromatic heterocycles. The summed E-state index contributed by atoms with van der Waals surface area (Å²) in [6.45, 7) is 0. The first-order valence-electron chi connectivity index (χ1n) is 3.58. The van der Waals surface area contributed by atoms with Crippen molar-refractivity contribution in [3.63, 3.8) is 0 Å². The first kappa shape index (κ1) is 10.6. The molecular formula is C6H9N3O4S. The van der Waals surface area contributed by atoms with E-state index in [1.807, 2.05) is 0 Å². The molecule has 78 valence electrons. The highest BCUT2D eigenvalue weighted by atomic mass is 32.2. The molecule has 0 spiro atoms. The fourth-order valence-corrected chi connectivity index (χ4v) is 1.55. The molecule has 0 amide bonds. The molecule has 0 atom stereocenters. The molecule has 0 aliphatic rings. The quantitative estimate of drug-likeness (QED) is 0.610. The highest BCUT2D eigenvalue weighted by Gasteiger charge is 2.16. The van der Waals surface area contributed by atoms with Crippen molar-refractivity contribution in [3.05, 3.63) is 12.2 Å². The molecule has 8 heteroatoms. The van der Waals surface area contributed by atoms with Crippen molar-refractivity contribution in [3.8, 4) is 0 Å². The predicted molar refractivity (Wildman–Crippen MR) is 46.2 cm³/mol. The number of ether oxygens (including phenoxy) is 1. The Balaban J connectivity index is 3.00. The number of carbonyl (C=O) groups is 1. The summed E-state index contributed by atoms with van der Waals surface area (Å²) in [6.07, 6.45) is 2.21. The number of esters is 1. The molecule has 0 aliphatic carbocycles. The van der Waals surface area contributed by atoms with Gasteiger partial charge in [0.05, 0.1) is 7.11 Å². The van der Waals surface area contributed by atoms with Crippen LogP contribution in [0.25, 0.3) is 0 Å². The number of carbonyl (C=O) groups excluding carboxylic acids is 1. The van der Waals surface area contributed by atoms with Crippen molar-refractivity contribution < 1.29 is 17.9 Å². The van der Waals surface area contributed by atoms with Crippen LogP contribution < -0.4 is 0 Å². The summed E-state index contributed by atoms with van der Waals surface area (Å²) in [5.74, 6) is -1.19.